The van der Waals surface area contributed by atoms with E-state index in [0.717, 1.165) is 44.4 Å². The fourth-order valence-corrected chi connectivity index (χ4v) is 2.61. The van der Waals surface area contributed by atoms with Crippen LogP contribution in [0.25, 0.3) is 0 Å². The third kappa shape index (κ3) is 2.92. The Labute approximate surface area is 102 Å². The summed E-state index contributed by atoms with van der Waals surface area (Å²) in [5.74, 6) is 0.984. The minimum absolute atomic E-state index is 0.163. The Bertz CT molecular complexity index is 272. The molecule has 0 unspecified atom stereocenters. The zero-order valence-electron chi connectivity index (χ0n) is 9.67. The van der Waals surface area contributed by atoms with Crippen LogP contribution in [-0.2, 0) is 4.79 Å². The number of aliphatic hydroxyl groups is 1. The summed E-state index contributed by atoms with van der Waals surface area (Å²) in [4.78, 5) is 11.7. The maximum Gasteiger partial charge on any atom is 0.220 e. The Morgan fingerprint density at radius 2 is 1.88 bits per heavy atom. The lowest BCUT2D eigenvalue weighted by molar-refractivity contribution is -0.122. The highest BCUT2D eigenvalue weighted by Crippen LogP contribution is 2.50. The molecular weight excluding hydrogens is 222 g/mol. The summed E-state index contributed by atoms with van der Waals surface area (Å²) in [5, 5.41) is 11.9. The van der Waals surface area contributed by atoms with Gasteiger partial charge in [-0.15, -0.1) is 0 Å². The van der Waals surface area contributed by atoms with E-state index in [9.17, 15) is 4.79 Å². The molecule has 2 saturated carbocycles. The van der Waals surface area contributed by atoms with E-state index < -0.39 is 0 Å². The molecular formula is C12H21NO2S. The standard InChI is InChI=1S/C12H21NO2S/c14-6-5-11(1-2-11)8-13-10(15)7-12(9-16)3-4-12/h14,16H,1-9H2,(H,13,15). The summed E-state index contributed by atoms with van der Waals surface area (Å²) in [5.41, 5.74) is 0.434. The van der Waals surface area contributed by atoms with Gasteiger partial charge in [-0.05, 0) is 48.7 Å². The zero-order valence-corrected chi connectivity index (χ0v) is 10.6. The number of aliphatic hydroxyl groups excluding tert-OH is 1. The minimum Gasteiger partial charge on any atom is -0.396 e. The van der Waals surface area contributed by atoms with E-state index in [0.29, 0.717) is 6.42 Å². The van der Waals surface area contributed by atoms with E-state index in [4.69, 9.17) is 5.11 Å². The third-order valence-electron chi connectivity index (χ3n) is 4.09. The molecule has 4 heteroatoms. The van der Waals surface area contributed by atoms with Gasteiger partial charge in [0.05, 0.1) is 0 Å². The molecule has 2 fully saturated rings. The average molecular weight is 243 g/mol. The van der Waals surface area contributed by atoms with Gasteiger partial charge in [-0.25, -0.2) is 0 Å². The molecule has 2 aliphatic carbocycles. The molecule has 3 nitrogen and oxygen atoms in total. The number of carbonyl (C=O) groups excluding carboxylic acids is 1. The number of rotatable bonds is 7. The van der Waals surface area contributed by atoms with Gasteiger partial charge in [-0.1, -0.05) is 0 Å². The van der Waals surface area contributed by atoms with Crippen molar-refractivity contribution in [2.75, 3.05) is 18.9 Å². The van der Waals surface area contributed by atoms with Crippen molar-refractivity contribution in [1.82, 2.24) is 5.32 Å². The number of nitrogens with one attached hydrogen (secondary N) is 1. The molecule has 16 heavy (non-hydrogen) atoms. The van der Waals surface area contributed by atoms with Crippen LogP contribution in [0.3, 0.4) is 0 Å². The molecule has 0 radical (unpaired) electrons. The maximum absolute atomic E-state index is 11.7. The zero-order chi connectivity index (χ0) is 11.6. The van der Waals surface area contributed by atoms with Gasteiger partial charge in [-0.2, -0.15) is 12.6 Å². The van der Waals surface area contributed by atoms with Gasteiger partial charge in [0.15, 0.2) is 0 Å². The van der Waals surface area contributed by atoms with Crippen molar-refractivity contribution in [3.63, 3.8) is 0 Å². The van der Waals surface area contributed by atoms with Crippen LogP contribution in [0.15, 0.2) is 0 Å². The van der Waals surface area contributed by atoms with Gasteiger partial charge >= 0.3 is 0 Å². The van der Waals surface area contributed by atoms with Crippen molar-refractivity contribution in [2.45, 2.75) is 38.5 Å². The first-order chi connectivity index (χ1) is 7.64. The molecule has 2 rings (SSSR count). The molecule has 2 aliphatic rings. The summed E-state index contributed by atoms with van der Waals surface area (Å²) in [6, 6.07) is 0. The second kappa shape index (κ2) is 4.57. The largest absolute Gasteiger partial charge is 0.396 e. The molecule has 0 atom stereocenters. The first kappa shape index (κ1) is 12.2. The Morgan fingerprint density at radius 3 is 2.31 bits per heavy atom. The van der Waals surface area contributed by atoms with Gasteiger partial charge in [0.2, 0.25) is 5.91 Å². The van der Waals surface area contributed by atoms with E-state index in [1.165, 1.54) is 0 Å². The lowest BCUT2D eigenvalue weighted by atomic mass is 10.0. The first-order valence-electron chi connectivity index (χ1n) is 6.12. The number of hydrogen-bond donors (Lipinski definition) is 3. The van der Waals surface area contributed by atoms with E-state index in [1.54, 1.807) is 0 Å². The lowest BCUT2D eigenvalue weighted by Gasteiger charge is -2.16. The second-order valence-electron chi connectivity index (χ2n) is 5.59. The van der Waals surface area contributed by atoms with E-state index in [1.807, 2.05) is 0 Å². The fourth-order valence-electron chi connectivity index (χ4n) is 2.19. The van der Waals surface area contributed by atoms with Crippen LogP contribution in [-0.4, -0.2) is 29.9 Å². The number of carbonyl (C=O) groups is 1. The van der Waals surface area contributed by atoms with Gasteiger partial charge in [0.25, 0.3) is 0 Å². The highest BCUT2D eigenvalue weighted by molar-refractivity contribution is 7.80. The third-order valence-corrected chi connectivity index (χ3v) is 4.76. The highest BCUT2D eigenvalue weighted by atomic mass is 32.1. The molecule has 92 valence electrons. The number of hydrogen-bond acceptors (Lipinski definition) is 3. The predicted octanol–water partition coefficient (Wildman–Crippen LogP) is 1.37. The summed E-state index contributed by atoms with van der Waals surface area (Å²) in [6.45, 7) is 0.978. The monoisotopic (exact) mass is 243 g/mol. The van der Waals surface area contributed by atoms with Gasteiger partial charge in [0, 0.05) is 19.6 Å². The molecule has 0 aromatic carbocycles. The minimum atomic E-state index is 0.163. The normalized spacial score (nSPS) is 23.9. The van der Waals surface area contributed by atoms with Crippen LogP contribution < -0.4 is 5.32 Å². The van der Waals surface area contributed by atoms with Crippen molar-refractivity contribution >= 4 is 18.5 Å². The summed E-state index contributed by atoms with van der Waals surface area (Å²) in [7, 11) is 0. The summed E-state index contributed by atoms with van der Waals surface area (Å²) >= 11 is 4.30. The number of amides is 1. The molecule has 0 aromatic heterocycles. The molecule has 0 heterocycles. The van der Waals surface area contributed by atoms with Crippen LogP contribution in [0.1, 0.15) is 38.5 Å². The Hall–Kier alpha value is -0.220. The number of thiol groups is 1. The second-order valence-corrected chi connectivity index (χ2v) is 5.90. The molecule has 0 bridgehead atoms. The van der Waals surface area contributed by atoms with Crippen LogP contribution in [0.4, 0.5) is 0 Å². The molecule has 1 amide bonds. The SMILES string of the molecule is O=C(CC1(CS)CC1)NCC1(CCO)CC1. The molecule has 0 aromatic rings. The summed E-state index contributed by atoms with van der Waals surface area (Å²) in [6.07, 6.45) is 6.03. The van der Waals surface area contributed by atoms with Crippen molar-refractivity contribution < 1.29 is 9.90 Å². The predicted molar refractivity (Wildman–Crippen MR) is 66.5 cm³/mol. The van der Waals surface area contributed by atoms with Crippen LogP contribution in [0.5, 0.6) is 0 Å². The van der Waals surface area contributed by atoms with E-state index in [-0.39, 0.29) is 23.3 Å². The van der Waals surface area contributed by atoms with Gasteiger partial charge in [0.1, 0.15) is 0 Å². The quantitative estimate of drug-likeness (QED) is 0.591. The topological polar surface area (TPSA) is 49.3 Å². The van der Waals surface area contributed by atoms with Crippen molar-refractivity contribution in [1.29, 1.82) is 0 Å². The molecule has 0 saturated heterocycles. The van der Waals surface area contributed by atoms with E-state index in [2.05, 4.69) is 17.9 Å². The molecule has 0 aliphatic heterocycles. The maximum atomic E-state index is 11.7. The van der Waals surface area contributed by atoms with Crippen LogP contribution in [0, 0.1) is 10.8 Å². The Balaban J connectivity index is 1.68. The van der Waals surface area contributed by atoms with Gasteiger partial charge < -0.3 is 10.4 Å². The average Bonchev–Trinajstić information content (AvgIpc) is 3.15. The first-order valence-corrected chi connectivity index (χ1v) is 6.75. The lowest BCUT2D eigenvalue weighted by Crippen LogP contribution is -2.32. The van der Waals surface area contributed by atoms with Crippen LogP contribution >= 0.6 is 12.6 Å². The van der Waals surface area contributed by atoms with Crippen molar-refractivity contribution in [2.24, 2.45) is 10.8 Å². The van der Waals surface area contributed by atoms with Gasteiger partial charge in [-0.3, -0.25) is 4.79 Å². The van der Waals surface area contributed by atoms with Crippen LogP contribution in [0.2, 0.25) is 0 Å². The molecule has 0 spiro atoms. The Morgan fingerprint density at radius 1 is 1.25 bits per heavy atom. The highest BCUT2D eigenvalue weighted by Gasteiger charge is 2.44. The fraction of sp³-hybridized carbons (Fsp3) is 0.917. The summed E-state index contributed by atoms with van der Waals surface area (Å²) < 4.78 is 0. The van der Waals surface area contributed by atoms with E-state index >= 15 is 0 Å². The van der Waals surface area contributed by atoms with Crippen molar-refractivity contribution in [3.05, 3.63) is 0 Å². The smallest absolute Gasteiger partial charge is 0.220 e. The van der Waals surface area contributed by atoms with Crippen molar-refractivity contribution in [3.8, 4) is 0 Å². The Kier molecular flexibility index (Phi) is 3.50. The molecule has 2 N–H and O–H groups in total.